The molecule has 0 atom stereocenters. The Morgan fingerprint density at radius 2 is 1.83 bits per heavy atom. The molecular formula is C20H22N2O6S. The maximum absolute atomic E-state index is 12.1. The van der Waals surface area contributed by atoms with Crippen LogP contribution in [0.25, 0.3) is 6.08 Å². The van der Waals surface area contributed by atoms with Crippen LogP contribution in [0.5, 0.6) is 5.75 Å². The van der Waals surface area contributed by atoms with Gasteiger partial charge in [-0.15, -0.1) is 0 Å². The number of rotatable bonds is 8. The maximum Gasteiger partial charge on any atom is 0.331 e. The van der Waals surface area contributed by atoms with E-state index in [2.05, 4.69) is 5.32 Å². The molecule has 0 aliphatic carbocycles. The molecule has 0 saturated heterocycles. The van der Waals surface area contributed by atoms with Crippen molar-refractivity contribution in [3.05, 3.63) is 60.2 Å². The average molecular weight is 418 g/mol. The van der Waals surface area contributed by atoms with Gasteiger partial charge in [0.1, 0.15) is 5.75 Å². The predicted molar refractivity (Wildman–Crippen MR) is 109 cm³/mol. The van der Waals surface area contributed by atoms with Crippen molar-refractivity contribution in [2.75, 3.05) is 33.1 Å². The lowest BCUT2D eigenvalue weighted by Gasteiger charge is -2.12. The van der Waals surface area contributed by atoms with Crippen molar-refractivity contribution in [2.24, 2.45) is 0 Å². The van der Waals surface area contributed by atoms with Crippen LogP contribution in [-0.4, -0.2) is 52.4 Å². The van der Waals surface area contributed by atoms with Gasteiger partial charge < -0.3 is 14.8 Å². The Labute approximate surface area is 169 Å². The number of benzene rings is 2. The molecule has 1 amide bonds. The van der Waals surface area contributed by atoms with Crippen molar-refractivity contribution in [3.63, 3.8) is 0 Å². The summed E-state index contributed by atoms with van der Waals surface area (Å²) >= 11 is 0. The van der Waals surface area contributed by atoms with Gasteiger partial charge in [-0.1, -0.05) is 18.2 Å². The zero-order valence-corrected chi connectivity index (χ0v) is 17.1. The van der Waals surface area contributed by atoms with Crippen molar-refractivity contribution in [1.29, 1.82) is 0 Å². The summed E-state index contributed by atoms with van der Waals surface area (Å²) in [5, 5.41) is 2.50. The fraction of sp³-hybridized carbons (Fsp3) is 0.200. The van der Waals surface area contributed by atoms with Crippen molar-refractivity contribution in [1.82, 2.24) is 4.31 Å². The van der Waals surface area contributed by atoms with E-state index >= 15 is 0 Å². The standard InChI is InChI=1S/C20H22N2O6S/c1-22(2)29(25,26)18-9-5-7-16(13-18)21-19(23)14-28-20(24)11-10-15-6-4-8-17(12-15)27-3/h4-13H,14H2,1-3H3,(H,21,23)/b11-10+. The number of sulfonamides is 1. The number of carbonyl (C=O) groups is 2. The molecule has 0 radical (unpaired) electrons. The van der Waals surface area contributed by atoms with Crippen LogP contribution in [0.2, 0.25) is 0 Å². The van der Waals surface area contributed by atoms with Crippen molar-refractivity contribution in [2.45, 2.75) is 4.90 Å². The van der Waals surface area contributed by atoms with E-state index in [-0.39, 0.29) is 10.6 Å². The first-order valence-electron chi connectivity index (χ1n) is 8.53. The minimum absolute atomic E-state index is 0.0403. The van der Waals surface area contributed by atoms with Gasteiger partial charge in [-0.2, -0.15) is 0 Å². The Bertz CT molecular complexity index is 1020. The summed E-state index contributed by atoms with van der Waals surface area (Å²) in [6.07, 6.45) is 2.74. The fourth-order valence-corrected chi connectivity index (χ4v) is 3.18. The molecule has 0 aliphatic heterocycles. The summed E-state index contributed by atoms with van der Waals surface area (Å²) in [5.41, 5.74) is 1.02. The molecule has 0 spiro atoms. The molecule has 0 fully saturated rings. The largest absolute Gasteiger partial charge is 0.497 e. The first kappa shape index (κ1) is 22.1. The van der Waals surface area contributed by atoms with Crippen LogP contribution in [0.3, 0.4) is 0 Å². The highest BCUT2D eigenvalue weighted by Gasteiger charge is 2.17. The van der Waals surface area contributed by atoms with Gasteiger partial charge in [0.15, 0.2) is 6.61 Å². The third-order valence-corrected chi connectivity index (χ3v) is 5.56. The van der Waals surface area contributed by atoms with E-state index < -0.39 is 28.5 Å². The van der Waals surface area contributed by atoms with Crippen molar-refractivity contribution in [3.8, 4) is 5.75 Å². The molecule has 2 rings (SSSR count). The monoisotopic (exact) mass is 418 g/mol. The molecule has 0 unspecified atom stereocenters. The SMILES string of the molecule is COc1cccc(/C=C/C(=O)OCC(=O)Nc2cccc(S(=O)(=O)N(C)C)c2)c1. The molecule has 154 valence electrons. The van der Waals surface area contributed by atoms with Crippen LogP contribution in [0.1, 0.15) is 5.56 Å². The van der Waals surface area contributed by atoms with Crippen LogP contribution in [0.15, 0.2) is 59.5 Å². The molecule has 1 N–H and O–H groups in total. The van der Waals surface area contributed by atoms with E-state index in [0.29, 0.717) is 5.75 Å². The number of nitrogens with zero attached hydrogens (tertiary/aromatic N) is 1. The Morgan fingerprint density at radius 1 is 1.10 bits per heavy atom. The van der Waals surface area contributed by atoms with Gasteiger partial charge in [0.25, 0.3) is 5.91 Å². The quantitative estimate of drug-likeness (QED) is 0.521. The predicted octanol–water partition coefficient (Wildman–Crippen LogP) is 2.14. The first-order valence-corrected chi connectivity index (χ1v) is 9.97. The lowest BCUT2D eigenvalue weighted by molar-refractivity contribution is -0.142. The van der Waals surface area contributed by atoms with Gasteiger partial charge >= 0.3 is 5.97 Å². The third kappa shape index (κ3) is 6.44. The van der Waals surface area contributed by atoms with Gasteiger partial charge in [0, 0.05) is 25.9 Å². The Kier molecular flexibility index (Phi) is 7.52. The second-order valence-corrected chi connectivity index (χ2v) is 8.23. The van der Waals surface area contributed by atoms with E-state index in [9.17, 15) is 18.0 Å². The lowest BCUT2D eigenvalue weighted by atomic mass is 10.2. The summed E-state index contributed by atoms with van der Waals surface area (Å²) in [4.78, 5) is 23.8. The normalized spacial score (nSPS) is 11.4. The number of ether oxygens (including phenoxy) is 2. The lowest BCUT2D eigenvalue weighted by Crippen LogP contribution is -2.23. The third-order valence-electron chi connectivity index (χ3n) is 3.75. The average Bonchev–Trinajstić information content (AvgIpc) is 2.71. The minimum Gasteiger partial charge on any atom is -0.497 e. The molecule has 2 aromatic carbocycles. The molecule has 9 heteroatoms. The second-order valence-electron chi connectivity index (χ2n) is 6.08. The molecule has 0 aromatic heterocycles. The smallest absolute Gasteiger partial charge is 0.331 e. The van der Waals surface area contributed by atoms with E-state index in [1.807, 2.05) is 0 Å². The summed E-state index contributed by atoms with van der Waals surface area (Å²) in [6.45, 7) is -0.508. The van der Waals surface area contributed by atoms with Gasteiger partial charge in [-0.3, -0.25) is 4.79 Å². The first-order chi connectivity index (χ1) is 13.7. The topological polar surface area (TPSA) is 102 Å². The van der Waals surface area contributed by atoms with Gasteiger partial charge in [0.05, 0.1) is 12.0 Å². The summed E-state index contributed by atoms with van der Waals surface area (Å²) < 4.78 is 35.3. The molecule has 8 nitrogen and oxygen atoms in total. The van der Waals surface area contributed by atoms with Crippen LogP contribution >= 0.6 is 0 Å². The summed E-state index contributed by atoms with van der Waals surface area (Å²) in [7, 11) is 0.753. The van der Waals surface area contributed by atoms with Crippen LogP contribution in [0, 0.1) is 0 Å². The Balaban J connectivity index is 1.91. The van der Waals surface area contributed by atoms with Crippen LogP contribution in [-0.2, 0) is 24.3 Å². The molecule has 2 aromatic rings. The van der Waals surface area contributed by atoms with E-state index in [4.69, 9.17) is 9.47 Å². The van der Waals surface area contributed by atoms with Gasteiger partial charge in [-0.05, 0) is 42.0 Å². The number of anilines is 1. The highest BCUT2D eigenvalue weighted by atomic mass is 32.2. The number of carbonyl (C=O) groups excluding carboxylic acids is 2. The molecular weight excluding hydrogens is 396 g/mol. The number of methoxy groups -OCH3 is 1. The maximum atomic E-state index is 12.1. The van der Waals surface area contributed by atoms with E-state index in [1.165, 1.54) is 44.4 Å². The zero-order valence-electron chi connectivity index (χ0n) is 16.3. The van der Waals surface area contributed by atoms with Crippen LogP contribution in [0.4, 0.5) is 5.69 Å². The van der Waals surface area contributed by atoms with Crippen LogP contribution < -0.4 is 10.1 Å². The minimum atomic E-state index is -3.62. The molecule has 29 heavy (non-hydrogen) atoms. The molecule has 0 saturated carbocycles. The number of esters is 1. The molecule has 0 bridgehead atoms. The number of amides is 1. The zero-order chi connectivity index (χ0) is 21.4. The van der Waals surface area contributed by atoms with E-state index in [0.717, 1.165) is 9.87 Å². The summed E-state index contributed by atoms with van der Waals surface area (Å²) in [5.74, 6) is -0.627. The van der Waals surface area contributed by atoms with Crippen molar-refractivity contribution >= 4 is 33.7 Å². The second kappa shape index (κ2) is 9.85. The number of hydrogen-bond donors (Lipinski definition) is 1. The Hall–Kier alpha value is -3.17. The number of nitrogens with one attached hydrogen (secondary N) is 1. The summed E-state index contributed by atoms with van der Waals surface area (Å²) in [6, 6.07) is 12.9. The number of hydrogen-bond acceptors (Lipinski definition) is 6. The highest BCUT2D eigenvalue weighted by molar-refractivity contribution is 7.89. The Morgan fingerprint density at radius 3 is 2.52 bits per heavy atom. The highest BCUT2D eigenvalue weighted by Crippen LogP contribution is 2.18. The van der Waals surface area contributed by atoms with Crippen molar-refractivity contribution < 1.29 is 27.5 Å². The molecule has 0 aliphatic rings. The fourth-order valence-electron chi connectivity index (χ4n) is 2.24. The molecule has 0 heterocycles. The van der Waals surface area contributed by atoms with Gasteiger partial charge in [-0.25, -0.2) is 17.5 Å². The van der Waals surface area contributed by atoms with E-state index in [1.54, 1.807) is 37.5 Å². The van der Waals surface area contributed by atoms with Gasteiger partial charge in [0.2, 0.25) is 10.0 Å².